The number of nitrogens with zero attached hydrogens (tertiary/aromatic N) is 2. The smallest absolute Gasteiger partial charge is 0.255 e. The van der Waals surface area contributed by atoms with Crippen LogP contribution in [0.4, 0.5) is 0 Å². The molecule has 7 nitrogen and oxygen atoms in total. The maximum atomic E-state index is 12.6. The van der Waals surface area contributed by atoms with Gasteiger partial charge in [-0.15, -0.1) is 0 Å². The number of sulfonamides is 1. The molecule has 2 aliphatic heterocycles. The predicted octanol–water partition coefficient (Wildman–Crippen LogP) is 0.615. The highest BCUT2D eigenvalue weighted by Gasteiger charge is 2.41. The topological polar surface area (TPSA) is 91.8 Å². The van der Waals surface area contributed by atoms with Gasteiger partial charge in [0.25, 0.3) is 5.91 Å². The zero-order valence-electron chi connectivity index (χ0n) is 13.5. The summed E-state index contributed by atoms with van der Waals surface area (Å²) in [6, 6.07) is 6.73. The first-order valence-electron chi connectivity index (χ1n) is 7.94. The number of halogens is 1. The van der Waals surface area contributed by atoms with Gasteiger partial charge >= 0.3 is 0 Å². The largest absolute Gasteiger partial charge is 0.336 e. The molecule has 1 atom stereocenters. The number of benzene rings is 1. The van der Waals surface area contributed by atoms with Crippen molar-refractivity contribution in [3.8, 4) is 0 Å². The normalized spacial score (nSPS) is 24.4. The van der Waals surface area contributed by atoms with Gasteiger partial charge in [-0.1, -0.05) is 23.7 Å². The van der Waals surface area contributed by atoms with Gasteiger partial charge in [-0.2, -0.15) is 4.31 Å². The number of sulfone groups is 1. The van der Waals surface area contributed by atoms with Gasteiger partial charge in [0.2, 0.25) is 10.0 Å². The molecule has 0 N–H and O–H groups in total. The van der Waals surface area contributed by atoms with E-state index in [1.54, 1.807) is 29.2 Å². The molecule has 1 unspecified atom stereocenters. The summed E-state index contributed by atoms with van der Waals surface area (Å²) in [6.07, 6.45) is 0.142. The van der Waals surface area contributed by atoms with Crippen LogP contribution in [-0.2, 0) is 19.9 Å². The third-order valence-corrected chi connectivity index (χ3v) is 9.24. The Morgan fingerprint density at radius 3 is 2.32 bits per heavy atom. The zero-order chi connectivity index (χ0) is 18.2. The van der Waals surface area contributed by atoms with Gasteiger partial charge in [0.15, 0.2) is 9.84 Å². The molecule has 1 aromatic carbocycles. The van der Waals surface area contributed by atoms with E-state index in [4.69, 9.17) is 11.6 Å². The lowest BCUT2D eigenvalue weighted by molar-refractivity contribution is 0.0697. The third kappa shape index (κ3) is 3.84. The van der Waals surface area contributed by atoms with Crippen molar-refractivity contribution in [3.05, 3.63) is 34.9 Å². The number of rotatable bonds is 3. The number of piperazine rings is 1. The fourth-order valence-electron chi connectivity index (χ4n) is 3.16. The molecule has 0 aromatic heterocycles. The Bertz CT molecular complexity index is 877. The van der Waals surface area contributed by atoms with Gasteiger partial charge in [0.1, 0.15) is 0 Å². The quantitative estimate of drug-likeness (QED) is 0.733. The Morgan fingerprint density at radius 2 is 1.76 bits per heavy atom. The molecule has 2 aliphatic rings. The molecule has 2 heterocycles. The Kier molecular flexibility index (Phi) is 5.11. The molecule has 10 heteroatoms. The number of carbonyl (C=O) groups is 1. The molecule has 25 heavy (non-hydrogen) atoms. The van der Waals surface area contributed by atoms with Crippen molar-refractivity contribution in [1.82, 2.24) is 9.21 Å². The standard InChI is InChI=1S/C15H19ClN2O5S2/c16-14-4-2-1-3-13(14)15(19)17-6-8-18(9-7-17)25(22,23)12-5-10-24(20,21)11-12/h1-4,12H,5-11H2. The van der Waals surface area contributed by atoms with Crippen molar-refractivity contribution in [2.45, 2.75) is 11.7 Å². The molecule has 2 fully saturated rings. The minimum absolute atomic E-state index is 0.0815. The zero-order valence-corrected chi connectivity index (χ0v) is 15.9. The summed E-state index contributed by atoms with van der Waals surface area (Å²) >= 11 is 6.04. The molecule has 0 bridgehead atoms. The van der Waals surface area contributed by atoms with E-state index >= 15 is 0 Å². The van der Waals surface area contributed by atoms with E-state index in [2.05, 4.69) is 0 Å². The summed E-state index contributed by atoms with van der Waals surface area (Å²) in [5.41, 5.74) is 0.391. The monoisotopic (exact) mass is 406 g/mol. The number of hydrogen-bond donors (Lipinski definition) is 0. The maximum Gasteiger partial charge on any atom is 0.255 e. The van der Waals surface area contributed by atoms with E-state index in [1.807, 2.05) is 0 Å². The van der Waals surface area contributed by atoms with Gasteiger partial charge in [0.05, 0.1) is 27.3 Å². The highest BCUT2D eigenvalue weighted by Crippen LogP contribution is 2.24. The van der Waals surface area contributed by atoms with E-state index in [9.17, 15) is 21.6 Å². The highest BCUT2D eigenvalue weighted by molar-refractivity contribution is 7.95. The minimum atomic E-state index is -3.66. The first-order chi connectivity index (χ1) is 11.7. The average molecular weight is 407 g/mol. The van der Waals surface area contributed by atoms with Crippen LogP contribution in [0.2, 0.25) is 5.02 Å². The third-order valence-electron chi connectivity index (χ3n) is 4.60. The molecule has 138 valence electrons. The Morgan fingerprint density at radius 1 is 1.12 bits per heavy atom. The molecule has 1 aromatic rings. The summed E-state index contributed by atoms with van der Waals surface area (Å²) in [7, 11) is -6.93. The first kappa shape index (κ1) is 18.6. The molecular weight excluding hydrogens is 388 g/mol. The fraction of sp³-hybridized carbons (Fsp3) is 0.533. The maximum absolute atomic E-state index is 12.6. The van der Waals surface area contributed by atoms with Crippen molar-refractivity contribution in [2.75, 3.05) is 37.7 Å². The molecule has 1 amide bonds. The summed E-state index contributed by atoms with van der Waals surface area (Å²) in [5.74, 6) is -0.623. The second-order valence-corrected chi connectivity index (χ2v) is 11.1. The van der Waals surface area contributed by atoms with Crippen LogP contribution in [0.1, 0.15) is 16.8 Å². The van der Waals surface area contributed by atoms with Crippen LogP contribution in [0.15, 0.2) is 24.3 Å². The Labute approximate surface area is 152 Å². The highest BCUT2D eigenvalue weighted by atomic mass is 35.5. The van der Waals surface area contributed by atoms with Crippen molar-refractivity contribution in [2.24, 2.45) is 0 Å². The van der Waals surface area contributed by atoms with Crippen LogP contribution in [0.5, 0.6) is 0 Å². The van der Waals surface area contributed by atoms with Gasteiger partial charge < -0.3 is 4.90 Å². The van der Waals surface area contributed by atoms with Gasteiger partial charge in [0, 0.05) is 26.2 Å². The molecule has 2 saturated heterocycles. The summed E-state index contributed by atoms with van der Waals surface area (Å²) < 4.78 is 49.6. The molecular formula is C15H19ClN2O5S2. The second-order valence-electron chi connectivity index (χ2n) is 6.24. The van der Waals surface area contributed by atoms with Gasteiger partial charge in [-0.3, -0.25) is 4.79 Å². The number of carbonyl (C=O) groups excluding carboxylic acids is 1. The number of amides is 1. The van der Waals surface area contributed by atoms with Crippen LogP contribution in [-0.4, -0.2) is 74.9 Å². The lowest BCUT2D eigenvalue weighted by Gasteiger charge is -2.35. The minimum Gasteiger partial charge on any atom is -0.336 e. The predicted molar refractivity (Wildman–Crippen MR) is 94.9 cm³/mol. The summed E-state index contributed by atoms with van der Waals surface area (Å²) in [4.78, 5) is 14.1. The van der Waals surface area contributed by atoms with Gasteiger partial charge in [-0.05, 0) is 18.6 Å². The van der Waals surface area contributed by atoms with E-state index in [1.165, 1.54) is 4.31 Å². The average Bonchev–Trinajstić information content (AvgIpc) is 2.95. The Balaban J connectivity index is 1.66. The lowest BCUT2D eigenvalue weighted by Crippen LogP contribution is -2.52. The molecule has 0 saturated carbocycles. The fourth-order valence-corrected chi connectivity index (χ4v) is 7.89. The van der Waals surface area contributed by atoms with E-state index in [0.717, 1.165) is 0 Å². The van der Waals surface area contributed by atoms with Crippen LogP contribution >= 0.6 is 11.6 Å². The molecule has 0 spiro atoms. The van der Waals surface area contributed by atoms with E-state index in [-0.39, 0.29) is 50.0 Å². The molecule has 3 rings (SSSR count). The SMILES string of the molecule is O=C(c1ccccc1Cl)N1CCN(S(=O)(=O)C2CCS(=O)(=O)C2)CC1. The first-order valence-corrected chi connectivity index (χ1v) is 11.6. The van der Waals surface area contributed by atoms with E-state index < -0.39 is 25.1 Å². The van der Waals surface area contributed by atoms with Crippen LogP contribution < -0.4 is 0 Å². The summed E-state index contributed by atoms with van der Waals surface area (Å²) in [6.45, 7) is 0.829. The van der Waals surface area contributed by atoms with Crippen molar-refractivity contribution >= 4 is 37.4 Å². The molecule has 0 radical (unpaired) electrons. The van der Waals surface area contributed by atoms with Crippen molar-refractivity contribution in [3.63, 3.8) is 0 Å². The van der Waals surface area contributed by atoms with Gasteiger partial charge in [-0.25, -0.2) is 16.8 Å². The summed E-state index contributed by atoms with van der Waals surface area (Å²) in [5, 5.41) is -0.512. The van der Waals surface area contributed by atoms with Crippen LogP contribution in [0, 0.1) is 0 Å². The Hall–Kier alpha value is -1.16. The van der Waals surface area contributed by atoms with Crippen LogP contribution in [0.25, 0.3) is 0 Å². The van der Waals surface area contributed by atoms with Crippen molar-refractivity contribution < 1.29 is 21.6 Å². The second kappa shape index (κ2) is 6.86. The lowest BCUT2D eigenvalue weighted by atomic mass is 10.2. The van der Waals surface area contributed by atoms with E-state index in [0.29, 0.717) is 10.6 Å². The molecule has 0 aliphatic carbocycles. The van der Waals surface area contributed by atoms with Crippen LogP contribution in [0.3, 0.4) is 0 Å². The number of hydrogen-bond acceptors (Lipinski definition) is 5. The van der Waals surface area contributed by atoms with Crippen molar-refractivity contribution in [1.29, 1.82) is 0 Å².